The molecule has 0 amide bonds. The molecule has 0 unspecified atom stereocenters. The SMILES string of the molecule is CC(C)CC(=C1CCCCC1)c1ccccc1. The second-order valence-electron chi connectivity index (χ2n) is 5.61. The van der Waals surface area contributed by atoms with Crippen molar-refractivity contribution in [2.24, 2.45) is 5.92 Å². The average molecular weight is 228 g/mol. The predicted octanol–water partition coefficient (Wildman–Crippen LogP) is 5.45. The first kappa shape index (κ1) is 12.4. The lowest BCUT2D eigenvalue weighted by Gasteiger charge is -2.21. The molecule has 0 aliphatic heterocycles. The van der Waals surface area contributed by atoms with E-state index in [0.29, 0.717) is 0 Å². The van der Waals surface area contributed by atoms with Gasteiger partial charge in [0.25, 0.3) is 0 Å². The summed E-state index contributed by atoms with van der Waals surface area (Å²) in [6.45, 7) is 4.65. The molecule has 0 spiro atoms. The summed E-state index contributed by atoms with van der Waals surface area (Å²) < 4.78 is 0. The van der Waals surface area contributed by atoms with Gasteiger partial charge in [0, 0.05) is 0 Å². The zero-order chi connectivity index (χ0) is 12.1. The van der Waals surface area contributed by atoms with Crippen LogP contribution >= 0.6 is 0 Å². The Kier molecular flexibility index (Phi) is 4.42. The van der Waals surface area contributed by atoms with Crippen LogP contribution in [-0.2, 0) is 0 Å². The molecule has 0 aromatic heterocycles. The molecule has 1 fully saturated rings. The van der Waals surface area contributed by atoms with Crippen molar-refractivity contribution in [3.63, 3.8) is 0 Å². The van der Waals surface area contributed by atoms with Crippen LogP contribution in [0.15, 0.2) is 35.9 Å². The fraction of sp³-hybridized carbons (Fsp3) is 0.529. The Labute approximate surface area is 106 Å². The van der Waals surface area contributed by atoms with Crippen LogP contribution in [0.3, 0.4) is 0 Å². The summed E-state index contributed by atoms with van der Waals surface area (Å²) in [7, 11) is 0. The summed E-state index contributed by atoms with van der Waals surface area (Å²) >= 11 is 0. The summed E-state index contributed by atoms with van der Waals surface area (Å²) in [5.41, 5.74) is 4.83. The number of rotatable bonds is 3. The van der Waals surface area contributed by atoms with Crippen LogP contribution in [0.1, 0.15) is 57.9 Å². The van der Waals surface area contributed by atoms with Crippen LogP contribution in [0, 0.1) is 5.92 Å². The van der Waals surface area contributed by atoms with Gasteiger partial charge >= 0.3 is 0 Å². The lowest BCUT2D eigenvalue weighted by molar-refractivity contribution is 0.592. The largest absolute Gasteiger partial charge is 0.0664 e. The first-order valence-electron chi connectivity index (χ1n) is 7.03. The maximum Gasteiger partial charge on any atom is -0.0225 e. The zero-order valence-electron chi connectivity index (χ0n) is 11.2. The zero-order valence-corrected chi connectivity index (χ0v) is 11.2. The van der Waals surface area contributed by atoms with Gasteiger partial charge in [0.1, 0.15) is 0 Å². The molecule has 17 heavy (non-hydrogen) atoms. The molecule has 0 nitrogen and oxygen atoms in total. The highest BCUT2D eigenvalue weighted by Gasteiger charge is 2.13. The van der Waals surface area contributed by atoms with Crippen molar-refractivity contribution >= 4 is 5.57 Å². The van der Waals surface area contributed by atoms with Gasteiger partial charge in [0.15, 0.2) is 0 Å². The van der Waals surface area contributed by atoms with E-state index in [1.165, 1.54) is 44.1 Å². The van der Waals surface area contributed by atoms with Crippen LogP contribution in [0.2, 0.25) is 0 Å². The van der Waals surface area contributed by atoms with Gasteiger partial charge in [0.05, 0.1) is 0 Å². The Bertz CT molecular complexity index is 362. The standard InChI is InChI=1S/C17H24/c1-14(2)13-17(15-9-5-3-6-10-15)16-11-7-4-8-12-16/h3,5-6,9-10,14H,4,7-8,11-13H2,1-2H3. The van der Waals surface area contributed by atoms with Crippen molar-refractivity contribution in [3.8, 4) is 0 Å². The molecule has 1 aromatic carbocycles. The molecule has 0 bridgehead atoms. The number of benzene rings is 1. The fourth-order valence-electron chi connectivity index (χ4n) is 2.79. The third kappa shape index (κ3) is 3.46. The minimum Gasteiger partial charge on any atom is -0.0664 e. The van der Waals surface area contributed by atoms with E-state index in [1.807, 2.05) is 0 Å². The molecule has 1 aliphatic carbocycles. The molecule has 0 atom stereocenters. The van der Waals surface area contributed by atoms with E-state index >= 15 is 0 Å². The van der Waals surface area contributed by atoms with Crippen LogP contribution in [-0.4, -0.2) is 0 Å². The molecule has 0 heteroatoms. The monoisotopic (exact) mass is 228 g/mol. The van der Waals surface area contributed by atoms with Crippen LogP contribution in [0.25, 0.3) is 5.57 Å². The lowest BCUT2D eigenvalue weighted by Crippen LogP contribution is -2.01. The molecule has 0 N–H and O–H groups in total. The van der Waals surface area contributed by atoms with E-state index in [1.54, 1.807) is 11.1 Å². The summed E-state index contributed by atoms with van der Waals surface area (Å²) in [5, 5.41) is 0. The molecular formula is C17H24. The highest BCUT2D eigenvalue weighted by atomic mass is 14.2. The summed E-state index contributed by atoms with van der Waals surface area (Å²) in [6.07, 6.45) is 8.11. The van der Waals surface area contributed by atoms with Crippen molar-refractivity contribution in [1.82, 2.24) is 0 Å². The molecule has 0 radical (unpaired) electrons. The van der Waals surface area contributed by atoms with Crippen molar-refractivity contribution in [3.05, 3.63) is 41.5 Å². The minimum atomic E-state index is 0.750. The topological polar surface area (TPSA) is 0 Å². The van der Waals surface area contributed by atoms with Crippen molar-refractivity contribution in [2.45, 2.75) is 52.4 Å². The van der Waals surface area contributed by atoms with Gasteiger partial charge in [0.2, 0.25) is 0 Å². The molecule has 2 rings (SSSR count). The molecule has 0 saturated heterocycles. The summed E-state index contributed by atoms with van der Waals surface area (Å²) in [6, 6.07) is 11.0. The molecular weight excluding hydrogens is 204 g/mol. The van der Waals surface area contributed by atoms with Crippen molar-refractivity contribution in [2.75, 3.05) is 0 Å². The Balaban J connectivity index is 2.30. The average Bonchev–Trinajstić information content (AvgIpc) is 2.38. The number of hydrogen-bond acceptors (Lipinski definition) is 0. The second-order valence-corrected chi connectivity index (χ2v) is 5.61. The van der Waals surface area contributed by atoms with E-state index in [2.05, 4.69) is 44.2 Å². The van der Waals surface area contributed by atoms with Gasteiger partial charge < -0.3 is 0 Å². The van der Waals surface area contributed by atoms with Crippen LogP contribution in [0.5, 0.6) is 0 Å². The van der Waals surface area contributed by atoms with Gasteiger partial charge in [-0.2, -0.15) is 0 Å². The Morgan fingerprint density at radius 2 is 1.65 bits per heavy atom. The summed E-state index contributed by atoms with van der Waals surface area (Å²) in [4.78, 5) is 0. The molecule has 1 aliphatic rings. The first-order chi connectivity index (χ1) is 8.27. The lowest BCUT2D eigenvalue weighted by atomic mass is 9.85. The van der Waals surface area contributed by atoms with Gasteiger partial charge in [-0.15, -0.1) is 0 Å². The third-order valence-corrected chi connectivity index (χ3v) is 3.62. The highest BCUT2D eigenvalue weighted by Crippen LogP contribution is 2.34. The highest BCUT2D eigenvalue weighted by molar-refractivity contribution is 5.69. The maximum absolute atomic E-state index is 2.33. The van der Waals surface area contributed by atoms with Crippen LogP contribution < -0.4 is 0 Å². The second kappa shape index (κ2) is 6.05. The molecule has 1 saturated carbocycles. The molecule has 0 heterocycles. The van der Waals surface area contributed by atoms with E-state index < -0.39 is 0 Å². The van der Waals surface area contributed by atoms with Gasteiger partial charge in [-0.25, -0.2) is 0 Å². The van der Waals surface area contributed by atoms with Gasteiger partial charge in [-0.05, 0) is 49.2 Å². The fourth-order valence-corrected chi connectivity index (χ4v) is 2.79. The van der Waals surface area contributed by atoms with E-state index in [9.17, 15) is 0 Å². The van der Waals surface area contributed by atoms with E-state index in [-0.39, 0.29) is 0 Å². The van der Waals surface area contributed by atoms with Crippen molar-refractivity contribution in [1.29, 1.82) is 0 Å². The van der Waals surface area contributed by atoms with Gasteiger partial charge in [-0.3, -0.25) is 0 Å². The Hall–Kier alpha value is -1.04. The minimum absolute atomic E-state index is 0.750. The van der Waals surface area contributed by atoms with Gasteiger partial charge in [-0.1, -0.05) is 56.2 Å². The van der Waals surface area contributed by atoms with Crippen LogP contribution in [0.4, 0.5) is 0 Å². The van der Waals surface area contributed by atoms with E-state index in [4.69, 9.17) is 0 Å². The van der Waals surface area contributed by atoms with Crippen molar-refractivity contribution < 1.29 is 0 Å². The Morgan fingerprint density at radius 3 is 2.24 bits per heavy atom. The third-order valence-electron chi connectivity index (χ3n) is 3.62. The molecule has 92 valence electrons. The normalized spacial score (nSPS) is 16.3. The smallest absolute Gasteiger partial charge is 0.0225 e. The quantitative estimate of drug-likeness (QED) is 0.645. The Morgan fingerprint density at radius 1 is 1.00 bits per heavy atom. The van der Waals surface area contributed by atoms with E-state index in [0.717, 1.165) is 5.92 Å². The molecule has 1 aromatic rings. The predicted molar refractivity (Wildman–Crippen MR) is 75.9 cm³/mol. The maximum atomic E-state index is 2.33. The summed E-state index contributed by atoms with van der Waals surface area (Å²) in [5.74, 6) is 0.750. The number of hydrogen-bond donors (Lipinski definition) is 0. The first-order valence-corrected chi connectivity index (χ1v) is 7.03. The number of allylic oxidation sites excluding steroid dienone is 2.